The van der Waals surface area contributed by atoms with Gasteiger partial charge in [0.1, 0.15) is 48.3 Å². The number of alkyl halides is 2. The van der Waals surface area contributed by atoms with Crippen molar-refractivity contribution in [3.8, 4) is 0 Å². The number of ether oxygens (including phenoxy) is 6. The van der Waals surface area contributed by atoms with Gasteiger partial charge in [-0.3, -0.25) is 46.4 Å². The zero-order valence-corrected chi connectivity index (χ0v) is 47.4. The number of hydrogen-bond acceptors (Lipinski definition) is 24. The van der Waals surface area contributed by atoms with Gasteiger partial charge in [-0.25, -0.2) is 42.8 Å². The Bertz CT molecular complexity index is 3240. The predicted octanol–water partition coefficient (Wildman–Crippen LogP) is 3.32. The number of fused-ring (bicyclic) bond motifs is 4. The number of nitrogens with one attached hydrogen (secondary N) is 4. The Morgan fingerprint density at radius 2 is 1.42 bits per heavy atom. The minimum atomic E-state index is -5.26. The Labute approximate surface area is 474 Å². The van der Waals surface area contributed by atoms with Gasteiger partial charge in [0.2, 0.25) is 17.7 Å². The standard InChI is InChI=1S/C46H61F2N15O17P2S/c1-25(2)34(60-31(64)8-10-71-12-14-73-16-17-74-15-13-72-11-9-57-61-50)44(67)58-26(3)42(65)59-28-6-4-27(5-7-28)20-83-82(70)76-19-30-37(32(47)45(78-30)62-23-55-35-39(49)51-21-52-40(35)62)79-81(68,69)75-18-29-38(80-82)33(48)46(77-29)63-24-56-36-41(63)53-22-54-43(36)66/h4-7,21-26,29-30,32-34,37-38,45-46H,8-20H2,1-3H3,(H,58,67)(H,59,65)(H,60,64)(H,68,69)(H2,49,51,52)(H,53,54,66)/t26-,29-,30-,32-,33-,34+,37-,38-,45-,46-,82?/m0/s1. The number of halogens is 2. The lowest BCUT2D eigenvalue weighted by Gasteiger charge is -2.29. The minimum absolute atomic E-state index is 0.0288. The van der Waals surface area contributed by atoms with Crippen LogP contribution in [-0.4, -0.2) is 183 Å². The zero-order chi connectivity index (χ0) is 59.3. The van der Waals surface area contributed by atoms with Crippen molar-refractivity contribution >= 4 is 77.6 Å². The van der Waals surface area contributed by atoms with Crippen LogP contribution in [0.5, 0.6) is 0 Å². The Morgan fingerprint density at radius 1 is 0.831 bits per heavy atom. The molecule has 83 heavy (non-hydrogen) atoms. The van der Waals surface area contributed by atoms with Gasteiger partial charge in [0.15, 0.2) is 47.4 Å². The molecule has 3 saturated heterocycles. The number of carbonyl (C=O) groups excluding carboxylic acids is 3. The second-order valence-electron chi connectivity index (χ2n) is 18.9. The van der Waals surface area contributed by atoms with Crippen molar-refractivity contribution in [1.82, 2.24) is 49.7 Å². The summed E-state index contributed by atoms with van der Waals surface area (Å²) in [6.07, 6.45) is -10.5. The number of carbonyl (C=O) groups is 3. The van der Waals surface area contributed by atoms with E-state index < -0.39 is 112 Å². The number of nitrogens with zero attached hydrogens (tertiary/aromatic N) is 10. The molecule has 3 fully saturated rings. The number of aromatic amines is 1. The van der Waals surface area contributed by atoms with Crippen molar-refractivity contribution in [1.29, 1.82) is 0 Å². The summed E-state index contributed by atoms with van der Waals surface area (Å²) >= 11 is 0.587. The molecule has 3 amide bonds. The summed E-state index contributed by atoms with van der Waals surface area (Å²) in [6, 6.07) is 4.13. The molecule has 0 radical (unpaired) electrons. The van der Waals surface area contributed by atoms with Crippen LogP contribution in [0.4, 0.5) is 20.3 Å². The van der Waals surface area contributed by atoms with Gasteiger partial charge in [-0.1, -0.05) is 31.1 Å². The van der Waals surface area contributed by atoms with Crippen LogP contribution in [0.3, 0.4) is 0 Å². The summed E-state index contributed by atoms with van der Waals surface area (Å²) < 4.78 is 121. The first-order valence-corrected chi connectivity index (χ1v) is 30.4. The SMILES string of the molecule is CC(C)[C@@H](NC(=O)CCOCCOCCOCCOCCN=[N+]=[N-])C(=O)N[C@@H](C)C(=O)Nc1ccc(CSP2(=O)OC[C@@H]3O[C@H](n4cnc5c(N)ncnc54)[C@@H](F)[C@H]3OP(=O)(O)OC[C@@H]3O[C@H](n4cnc5c(=O)[nH]cnc54)[C@@H](F)[C@H]3O2)cc1. The normalized spacial score (nSPS) is 26.3. The number of phosphoric ester groups is 1. The molecule has 12 atom stereocenters. The molecular weight excluding hydrogens is 1170 g/mol. The highest BCUT2D eigenvalue weighted by Crippen LogP contribution is 2.65. The molecule has 0 spiro atoms. The summed E-state index contributed by atoms with van der Waals surface area (Å²) in [7, 11) is -5.26. The maximum Gasteiger partial charge on any atom is 0.472 e. The average molecular weight is 1230 g/mol. The Morgan fingerprint density at radius 3 is 2.06 bits per heavy atom. The summed E-state index contributed by atoms with van der Waals surface area (Å²) in [6.45, 7) is 0.939. The van der Waals surface area contributed by atoms with Crippen LogP contribution in [0.1, 0.15) is 45.2 Å². The Balaban J connectivity index is 0.867. The molecule has 0 bridgehead atoms. The Hall–Kier alpha value is -6.13. The number of benzene rings is 1. The number of H-pyrrole nitrogens is 1. The van der Waals surface area contributed by atoms with E-state index in [0.29, 0.717) is 55.7 Å². The molecule has 452 valence electrons. The molecule has 37 heteroatoms. The van der Waals surface area contributed by atoms with Crippen molar-refractivity contribution in [2.24, 2.45) is 11.0 Å². The van der Waals surface area contributed by atoms with E-state index >= 15 is 13.3 Å². The topological polar surface area (TPSA) is 416 Å². The van der Waals surface area contributed by atoms with Crippen LogP contribution in [0, 0.1) is 5.92 Å². The number of aromatic nitrogens is 8. The van der Waals surface area contributed by atoms with Gasteiger partial charge in [0.05, 0.1) is 85.1 Å². The molecule has 0 saturated carbocycles. The third-order valence-electron chi connectivity index (χ3n) is 12.8. The van der Waals surface area contributed by atoms with Gasteiger partial charge < -0.3 is 60.0 Å². The molecule has 7 N–H and O–H groups in total. The maximum absolute atomic E-state index is 16.9. The smallest absolute Gasteiger partial charge is 0.382 e. The molecule has 8 rings (SSSR count). The number of azide groups is 1. The summed E-state index contributed by atoms with van der Waals surface area (Å²) in [5.74, 6) is -2.18. The average Bonchev–Trinajstić information content (AvgIpc) is 2.72. The molecule has 32 nitrogen and oxygen atoms in total. The summed E-state index contributed by atoms with van der Waals surface area (Å²) in [4.78, 5) is 88.1. The van der Waals surface area contributed by atoms with Crippen LogP contribution >= 0.6 is 26.0 Å². The summed E-state index contributed by atoms with van der Waals surface area (Å²) in [5, 5.41) is 11.4. The maximum atomic E-state index is 16.9. The first kappa shape index (κ1) is 62.9. The second-order valence-corrected chi connectivity index (χ2v) is 24.4. The largest absolute Gasteiger partial charge is 0.472 e. The van der Waals surface area contributed by atoms with Gasteiger partial charge in [0, 0.05) is 29.3 Å². The van der Waals surface area contributed by atoms with E-state index in [1.807, 2.05) is 0 Å². The number of hydrogen-bond donors (Lipinski definition) is 6. The monoisotopic (exact) mass is 1230 g/mol. The fourth-order valence-electron chi connectivity index (χ4n) is 8.54. The van der Waals surface area contributed by atoms with Crippen LogP contribution in [0.25, 0.3) is 32.8 Å². The highest BCUT2D eigenvalue weighted by atomic mass is 32.7. The number of nitrogens with two attached hydrogens (primary N) is 1. The van der Waals surface area contributed by atoms with E-state index in [4.69, 9.17) is 57.8 Å². The highest BCUT2D eigenvalue weighted by Gasteiger charge is 2.55. The van der Waals surface area contributed by atoms with Crippen LogP contribution in [0.2, 0.25) is 0 Å². The van der Waals surface area contributed by atoms with Crippen LogP contribution in [-0.2, 0) is 75.8 Å². The molecule has 4 aromatic heterocycles. The van der Waals surface area contributed by atoms with Crippen LogP contribution < -0.4 is 27.2 Å². The van der Waals surface area contributed by atoms with Crippen molar-refractivity contribution < 1.29 is 83.7 Å². The molecule has 3 aliphatic heterocycles. The summed E-state index contributed by atoms with van der Waals surface area (Å²) in [5.41, 5.74) is 14.2. The lowest BCUT2D eigenvalue weighted by molar-refractivity contribution is -0.132. The number of amides is 3. The van der Waals surface area contributed by atoms with Crippen molar-refractivity contribution in [3.05, 3.63) is 75.9 Å². The number of nitrogen functional groups attached to an aromatic ring is 1. The van der Waals surface area contributed by atoms with E-state index in [1.165, 1.54) is 19.1 Å². The van der Waals surface area contributed by atoms with Crippen molar-refractivity contribution in [3.63, 3.8) is 0 Å². The first-order chi connectivity index (χ1) is 39.8. The molecule has 7 heterocycles. The van der Waals surface area contributed by atoms with E-state index in [1.54, 1.807) is 26.0 Å². The van der Waals surface area contributed by atoms with Crippen LogP contribution in [0.15, 0.2) is 59.5 Å². The van der Waals surface area contributed by atoms with Gasteiger partial charge in [-0.2, -0.15) is 0 Å². The van der Waals surface area contributed by atoms with E-state index in [9.17, 15) is 28.6 Å². The fourth-order valence-corrected chi connectivity index (χ4v) is 12.9. The fraction of sp³-hybridized carbons (Fsp3) is 0.587. The third-order valence-corrected chi connectivity index (χ3v) is 17.4. The lowest BCUT2D eigenvalue weighted by Crippen LogP contribution is -2.53. The molecular formula is C46H61F2N15O17P2S. The lowest BCUT2D eigenvalue weighted by atomic mass is 10.0. The number of phosphoric acid groups is 1. The quantitative estimate of drug-likeness (QED) is 0.0152. The van der Waals surface area contributed by atoms with E-state index in [-0.39, 0.29) is 72.6 Å². The number of rotatable bonds is 26. The van der Waals surface area contributed by atoms with Gasteiger partial charge in [-0.15, -0.1) is 0 Å². The van der Waals surface area contributed by atoms with Crippen molar-refractivity contribution in [2.45, 2.75) is 94.2 Å². The molecule has 0 aliphatic carbocycles. The van der Waals surface area contributed by atoms with Gasteiger partial charge >= 0.3 is 14.6 Å². The van der Waals surface area contributed by atoms with E-state index in [2.05, 4.69) is 55.9 Å². The zero-order valence-electron chi connectivity index (χ0n) is 44.7. The molecule has 2 unspecified atom stereocenters. The Kier molecular flexibility index (Phi) is 22.1. The number of anilines is 2. The molecule has 1 aromatic carbocycles. The molecule has 5 aromatic rings. The first-order valence-electron chi connectivity index (χ1n) is 25.8. The minimum Gasteiger partial charge on any atom is -0.382 e. The third kappa shape index (κ3) is 16.4. The molecule has 3 aliphatic rings. The van der Waals surface area contributed by atoms with E-state index in [0.717, 1.165) is 34.4 Å². The predicted molar refractivity (Wildman–Crippen MR) is 287 cm³/mol. The van der Waals surface area contributed by atoms with Gasteiger partial charge in [-0.05, 0) is 47.5 Å². The van der Waals surface area contributed by atoms with Crippen molar-refractivity contribution in [2.75, 3.05) is 83.7 Å². The van der Waals surface area contributed by atoms with Gasteiger partial charge in [0.25, 0.3) is 5.56 Å². The highest BCUT2D eigenvalue weighted by molar-refractivity contribution is 8.54. The second kappa shape index (κ2) is 29.1. The number of imidazole rings is 2.